The SMILES string of the molecule is F[C](F)(F)[Fe][CH2]c1ccccc1. The fourth-order valence-electron chi connectivity index (χ4n) is 0.704. The first-order chi connectivity index (χ1) is 5.58. The predicted molar refractivity (Wildman–Crippen MR) is 36.2 cm³/mol. The Morgan fingerprint density at radius 1 is 1.08 bits per heavy atom. The van der Waals surface area contributed by atoms with Gasteiger partial charge in [-0.1, -0.05) is 0 Å². The molecule has 0 aromatic heterocycles. The molecule has 0 aliphatic carbocycles. The Kier molecular flexibility index (Phi) is 3.18. The summed E-state index contributed by atoms with van der Waals surface area (Å²) in [6.07, 6.45) is 0. The molecule has 0 nitrogen and oxygen atoms in total. The van der Waals surface area contributed by atoms with Crippen molar-refractivity contribution in [1.29, 1.82) is 0 Å². The van der Waals surface area contributed by atoms with Gasteiger partial charge in [-0.2, -0.15) is 0 Å². The molecule has 0 radical (unpaired) electrons. The van der Waals surface area contributed by atoms with E-state index in [2.05, 4.69) is 0 Å². The van der Waals surface area contributed by atoms with Crippen molar-refractivity contribution in [3.63, 3.8) is 0 Å². The van der Waals surface area contributed by atoms with Gasteiger partial charge in [0.05, 0.1) is 0 Å². The van der Waals surface area contributed by atoms with Gasteiger partial charge >= 0.3 is 74.4 Å². The summed E-state index contributed by atoms with van der Waals surface area (Å²) in [7, 11) is 0. The molecule has 1 aromatic rings. The summed E-state index contributed by atoms with van der Waals surface area (Å²) in [5.74, 6) is 0. The van der Waals surface area contributed by atoms with Gasteiger partial charge in [0.1, 0.15) is 0 Å². The zero-order chi connectivity index (χ0) is 9.03. The third-order valence-corrected chi connectivity index (χ3v) is 2.28. The van der Waals surface area contributed by atoms with Crippen LogP contribution >= 0.6 is 0 Å². The molecule has 12 heavy (non-hydrogen) atoms. The molecule has 0 saturated heterocycles. The molecule has 0 unspecified atom stereocenters. The summed E-state index contributed by atoms with van der Waals surface area (Å²) in [6, 6.07) is 8.67. The van der Waals surface area contributed by atoms with E-state index in [4.69, 9.17) is 0 Å². The molecule has 1 rings (SSSR count). The number of benzene rings is 1. The molecule has 0 N–H and O–H groups in total. The van der Waals surface area contributed by atoms with Gasteiger partial charge in [-0.15, -0.1) is 0 Å². The van der Waals surface area contributed by atoms with Gasteiger partial charge in [-0.25, -0.2) is 0 Å². The molecule has 0 spiro atoms. The van der Waals surface area contributed by atoms with Gasteiger partial charge in [0.25, 0.3) is 0 Å². The maximum absolute atomic E-state index is 11.7. The van der Waals surface area contributed by atoms with Crippen LogP contribution in [0.2, 0.25) is 0 Å². The first-order valence-electron chi connectivity index (χ1n) is 3.26. The van der Waals surface area contributed by atoms with E-state index in [9.17, 15) is 13.2 Å². The zero-order valence-corrected chi connectivity index (χ0v) is 7.19. The van der Waals surface area contributed by atoms with Crippen molar-refractivity contribution in [3.05, 3.63) is 35.9 Å². The van der Waals surface area contributed by atoms with Crippen molar-refractivity contribution in [1.82, 2.24) is 0 Å². The van der Waals surface area contributed by atoms with E-state index in [-0.39, 0.29) is 5.32 Å². The van der Waals surface area contributed by atoms with E-state index in [0.717, 1.165) is 5.56 Å². The van der Waals surface area contributed by atoms with Crippen molar-refractivity contribution in [2.75, 3.05) is 0 Å². The molecule has 0 fully saturated rings. The molecular formula is C8H7F3Fe. The van der Waals surface area contributed by atoms with Crippen molar-refractivity contribution < 1.29 is 28.1 Å². The third kappa shape index (κ3) is 3.79. The van der Waals surface area contributed by atoms with E-state index >= 15 is 0 Å². The van der Waals surface area contributed by atoms with Crippen molar-refractivity contribution in [2.24, 2.45) is 0 Å². The monoisotopic (exact) mass is 216 g/mol. The summed E-state index contributed by atoms with van der Waals surface area (Å²) in [4.78, 5) is 0. The molecule has 68 valence electrons. The van der Waals surface area contributed by atoms with Gasteiger partial charge < -0.3 is 0 Å². The van der Waals surface area contributed by atoms with Crippen molar-refractivity contribution >= 4 is 0 Å². The molecule has 4 heteroatoms. The summed E-state index contributed by atoms with van der Waals surface area (Å²) in [6.45, 7) is 0. The predicted octanol–water partition coefficient (Wildman–Crippen LogP) is 2.79. The second-order valence-electron chi connectivity index (χ2n) is 2.15. The Bertz CT molecular complexity index is 230. The fraction of sp³-hybridized carbons (Fsp3) is 0.250. The Morgan fingerprint density at radius 3 is 2.17 bits per heavy atom. The van der Waals surface area contributed by atoms with Crippen LogP contribution in [-0.2, 0) is 20.3 Å². The first-order valence-corrected chi connectivity index (χ1v) is 4.59. The second-order valence-corrected chi connectivity index (χ2v) is 3.56. The average molecular weight is 216 g/mol. The van der Waals surface area contributed by atoms with Gasteiger partial charge in [0.2, 0.25) is 0 Å². The molecule has 0 bridgehead atoms. The van der Waals surface area contributed by atoms with E-state index in [0.29, 0.717) is 0 Å². The number of rotatable bonds is 2. The van der Waals surface area contributed by atoms with Gasteiger partial charge in [0.15, 0.2) is 0 Å². The molecule has 0 atom stereocenters. The van der Waals surface area contributed by atoms with Gasteiger partial charge in [0, 0.05) is 0 Å². The second kappa shape index (κ2) is 3.96. The average Bonchev–Trinajstić information content (AvgIpc) is 2.02. The number of halogens is 3. The summed E-state index contributed by atoms with van der Waals surface area (Å²) < 4.78 is 35.2. The molecule has 0 saturated carbocycles. The van der Waals surface area contributed by atoms with Crippen molar-refractivity contribution in [3.8, 4) is 0 Å². The number of hydrogen-bond acceptors (Lipinski definition) is 0. The first kappa shape index (κ1) is 9.62. The van der Waals surface area contributed by atoms with Gasteiger partial charge in [-0.3, -0.25) is 0 Å². The molecule has 0 heterocycles. The van der Waals surface area contributed by atoms with Crippen LogP contribution in [0.25, 0.3) is 0 Å². The van der Waals surface area contributed by atoms with Crippen LogP contribution in [0, 0.1) is 0 Å². The molecule has 0 amide bonds. The Balaban J connectivity index is 2.44. The van der Waals surface area contributed by atoms with Crippen LogP contribution in [0.3, 0.4) is 0 Å². The van der Waals surface area contributed by atoms with E-state index in [1.807, 2.05) is 0 Å². The van der Waals surface area contributed by atoms with E-state index < -0.39 is 20.0 Å². The van der Waals surface area contributed by atoms with Crippen molar-refractivity contribution in [2.45, 2.75) is 10.4 Å². The van der Waals surface area contributed by atoms with Crippen LogP contribution < -0.4 is 0 Å². The molecule has 1 aromatic carbocycles. The van der Waals surface area contributed by atoms with Crippen LogP contribution in [0.4, 0.5) is 13.2 Å². The number of alkyl halides is 3. The van der Waals surface area contributed by atoms with E-state index in [1.165, 1.54) is 0 Å². The molecule has 0 aliphatic rings. The Morgan fingerprint density at radius 2 is 1.67 bits per heavy atom. The Hall–Kier alpha value is -0.471. The van der Waals surface area contributed by atoms with Crippen LogP contribution in [0.15, 0.2) is 30.3 Å². The molecule has 0 aliphatic heterocycles. The Labute approximate surface area is 74.9 Å². The summed E-state index contributed by atoms with van der Waals surface area (Å²) in [5, 5.41) is -3.97. The summed E-state index contributed by atoms with van der Waals surface area (Å²) >= 11 is -0.739. The summed E-state index contributed by atoms with van der Waals surface area (Å²) in [5.41, 5.74) is 0.731. The van der Waals surface area contributed by atoms with Gasteiger partial charge in [-0.05, 0) is 0 Å². The zero-order valence-electron chi connectivity index (χ0n) is 6.08. The van der Waals surface area contributed by atoms with Crippen LogP contribution in [0.5, 0.6) is 0 Å². The normalized spacial score (nSPS) is 11.9. The van der Waals surface area contributed by atoms with E-state index in [1.54, 1.807) is 30.3 Å². The minimum atomic E-state index is -4.05. The third-order valence-electron chi connectivity index (χ3n) is 1.19. The maximum atomic E-state index is 11.7. The fourth-order valence-corrected chi connectivity index (χ4v) is 1.41. The van der Waals surface area contributed by atoms with Crippen LogP contribution in [-0.4, -0.2) is 5.07 Å². The van der Waals surface area contributed by atoms with Crippen LogP contribution in [0.1, 0.15) is 5.56 Å². The topological polar surface area (TPSA) is 0 Å². The quantitative estimate of drug-likeness (QED) is 0.666. The number of hydrogen-bond donors (Lipinski definition) is 0. The molecular weight excluding hydrogens is 209 g/mol. The minimum absolute atomic E-state index is 0.0737. The standard InChI is InChI=1S/C7H7.CF3.Fe/c1-7-5-3-2-4-6-7;2-1(3)4;/h2-6H,1H2;;.